The van der Waals surface area contributed by atoms with Gasteiger partial charge in [-0.2, -0.15) is 0 Å². The topological polar surface area (TPSA) is 68.5 Å². The van der Waals surface area contributed by atoms with E-state index in [4.69, 9.17) is 20.8 Å². The van der Waals surface area contributed by atoms with Gasteiger partial charge in [0.1, 0.15) is 11.9 Å². The van der Waals surface area contributed by atoms with E-state index in [9.17, 15) is 8.42 Å². The van der Waals surface area contributed by atoms with Crippen LogP contribution in [-0.2, 0) is 14.8 Å². The highest BCUT2D eigenvalue weighted by Crippen LogP contribution is 2.18. The molecule has 0 fully saturated rings. The summed E-state index contributed by atoms with van der Waals surface area (Å²) in [5.41, 5.74) is 0. The Morgan fingerprint density at radius 2 is 2.15 bits per heavy atom. The lowest BCUT2D eigenvalue weighted by Crippen LogP contribution is -2.29. The van der Waals surface area contributed by atoms with E-state index in [2.05, 4.69) is 4.72 Å². The van der Waals surface area contributed by atoms with Crippen molar-refractivity contribution in [3.8, 4) is 0 Å². The molecule has 0 saturated heterocycles. The Bertz CT molecular complexity index is 655. The summed E-state index contributed by atoms with van der Waals surface area (Å²) in [7, 11) is -2.15. The highest BCUT2D eigenvalue weighted by Gasteiger charge is 2.19. The molecule has 0 aliphatic rings. The van der Waals surface area contributed by atoms with Crippen molar-refractivity contribution in [2.75, 3.05) is 13.7 Å². The average molecular weight is 316 g/mol. The molecule has 0 aliphatic heterocycles. The third-order valence-corrected chi connectivity index (χ3v) is 4.37. The van der Waals surface area contributed by atoms with Crippen LogP contribution in [0.1, 0.15) is 11.9 Å². The van der Waals surface area contributed by atoms with Gasteiger partial charge >= 0.3 is 0 Å². The molecule has 0 bridgehead atoms. The normalized spacial score (nSPS) is 13.3. The number of furan rings is 1. The van der Waals surface area contributed by atoms with Crippen LogP contribution < -0.4 is 4.72 Å². The van der Waals surface area contributed by atoms with Crippen LogP contribution in [0.4, 0.5) is 0 Å². The van der Waals surface area contributed by atoms with Gasteiger partial charge in [0.25, 0.3) is 0 Å². The first kappa shape index (κ1) is 15.1. The summed E-state index contributed by atoms with van der Waals surface area (Å²) in [4.78, 5) is 0.110. The summed E-state index contributed by atoms with van der Waals surface area (Å²) in [6.45, 7) is 0.0683. The zero-order valence-electron chi connectivity index (χ0n) is 10.7. The van der Waals surface area contributed by atoms with Gasteiger partial charge in [-0.3, -0.25) is 0 Å². The minimum atomic E-state index is -3.64. The van der Waals surface area contributed by atoms with E-state index >= 15 is 0 Å². The predicted molar refractivity (Wildman–Crippen MR) is 75.1 cm³/mol. The second kappa shape index (κ2) is 6.41. The van der Waals surface area contributed by atoms with Gasteiger partial charge < -0.3 is 9.15 Å². The predicted octanol–water partition coefficient (Wildman–Crippen LogP) is 2.60. The van der Waals surface area contributed by atoms with Gasteiger partial charge in [0, 0.05) is 18.7 Å². The number of halogens is 1. The Morgan fingerprint density at radius 1 is 1.35 bits per heavy atom. The third kappa shape index (κ3) is 3.61. The smallest absolute Gasteiger partial charge is 0.240 e. The van der Waals surface area contributed by atoms with Crippen molar-refractivity contribution in [1.82, 2.24) is 4.72 Å². The number of sulfonamides is 1. The molecule has 1 unspecified atom stereocenters. The second-order valence-corrected chi connectivity index (χ2v) is 6.25. The van der Waals surface area contributed by atoms with Crippen LogP contribution in [0.2, 0.25) is 5.02 Å². The van der Waals surface area contributed by atoms with E-state index in [0.29, 0.717) is 10.8 Å². The van der Waals surface area contributed by atoms with Crippen molar-refractivity contribution in [2.24, 2.45) is 0 Å². The number of hydrogen-bond donors (Lipinski definition) is 1. The standard InChI is InChI=1S/C13H14ClNO4S/c1-18-13(12-6-3-7-19-12)9-15-20(16,17)11-5-2-4-10(14)8-11/h2-8,13,15H,9H2,1H3. The maximum Gasteiger partial charge on any atom is 0.240 e. The fourth-order valence-corrected chi connectivity index (χ4v) is 3.01. The maximum atomic E-state index is 12.1. The Balaban J connectivity index is 2.09. The quantitative estimate of drug-likeness (QED) is 0.889. The second-order valence-electron chi connectivity index (χ2n) is 4.05. The molecule has 1 heterocycles. The zero-order chi connectivity index (χ0) is 14.6. The minimum absolute atomic E-state index is 0.0683. The fourth-order valence-electron chi connectivity index (χ4n) is 1.68. The van der Waals surface area contributed by atoms with Crippen LogP contribution in [-0.4, -0.2) is 22.1 Å². The van der Waals surface area contributed by atoms with Gasteiger partial charge in [-0.25, -0.2) is 13.1 Å². The molecule has 0 amide bonds. The number of rotatable bonds is 6. The molecule has 108 valence electrons. The Kier molecular flexibility index (Phi) is 4.82. The van der Waals surface area contributed by atoms with Gasteiger partial charge in [0.05, 0.1) is 11.2 Å². The Hall–Kier alpha value is -1.34. The molecule has 2 aromatic rings. The highest BCUT2D eigenvalue weighted by atomic mass is 35.5. The van der Waals surface area contributed by atoms with Crippen LogP contribution in [0.5, 0.6) is 0 Å². The van der Waals surface area contributed by atoms with Gasteiger partial charge in [-0.15, -0.1) is 0 Å². The maximum absolute atomic E-state index is 12.1. The van der Waals surface area contributed by atoms with Crippen molar-refractivity contribution < 1.29 is 17.6 Å². The summed E-state index contributed by atoms with van der Waals surface area (Å²) >= 11 is 5.79. The first-order chi connectivity index (χ1) is 9.53. The third-order valence-electron chi connectivity index (χ3n) is 2.71. The van der Waals surface area contributed by atoms with Crippen LogP contribution in [0.25, 0.3) is 0 Å². The summed E-state index contributed by atoms with van der Waals surface area (Å²) in [6, 6.07) is 9.49. The molecule has 1 N–H and O–H groups in total. The Morgan fingerprint density at radius 3 is 2.75 bits per heavy atom. The van der Waals surface area contributed by atoms with Crippen LogP contribution >= 0.6 is 11.6 Å². The first-order valence-electron chi connectivity index (χ1n) is 5.84. The van der Waals surface area contributed by atoms with Gasteiger partial charge in [0.2, 0.25) is 10.0 Å². The molecule has 20 heavy (non-hydrogen) atoms. The first-order valence-corrected chi connectivity index (χ1v) is 7.70. The minimum Gasteiger partial charge on any atom is -0.467 e. The number of methoxy groups -OCH3 is 1. The molecular formula is C13H14ClNO4S. The van der Waals surface area contributed by atoms with Gasteiger partial charge in [-0.05, 0) is 30.3 Å². The number of benzene rings is 1. The lowest BCUT2D eigenvalue weighted by atomic mass is 10.3. The largest absolute Gasteiger partial charge is 0.467 e. The average Bonchev–Trinajstić information content (AvgIpc) is 2.93. The molecule has 0 saturated carbocycles. The van der Waals surface area contributed by atoms with Crippen molar-refractivity contribution in [3.05, 3.63) is 53.4 Å². The zero-order valence-corrected chi connectivity index (χ0v) is 12.3. The Labute approximate surface area is 122 Å². The monoisotopic (exact) mass is 315 g/mol. The fraction of sp³-hybridized carbons (Fsp3) is 0.231. The van der Waals surface area contributed by atoms with Crippen LogP contribution in [0, 0.1) is 0 Å². The van der Waals surface area contributed by atoms with Gasteiger partial charge in [-0.1, -0.05) is 17.7 Å². The SMILES string of the molecule is COC(CNS(=O)(=O)c1cccc(Cl)c1)c1ccco1. The van der Waals surface area contributed by atoms with E-state index < -0.39 is 16.1 Å². The van der Waals surface area contributed by atoms with Crippen molar-refractivity contribution >= 4 is 21.6 Å². The summed E-state index contributed by atoms with van der Waals surface area (Å²) in [5, 5.41) is 0.363. The van der Waals surface area contributed by atoms with Crippen molar-refractivity contribution in [1.29, 1.82) is 0 Å². The number of nitrogens with one attached hydrogen (secondary N) is 1. The molecule has 1 atom stereocenters. The summed E-state index contributed by atoms with van der Waals surface area (Å²) in [5.74, 6) is 0.557. The van der Waals surface area contributed by atoms with E-state index in [0.717, 1.165) is 0 Å². The van der Waals surface area contributed by atoms with Crippen molar-refractivity contribution in [3.63, 3.8) is 0 Å². The van der Waals surface area contributed by atoms with Gasteiger partial charge in [0.15, 0.2) is 0 Å². The molecule has 1 aromatic heterocycles. The van der Waals surface area contributed by atoms with Crippen LogP contribution in [0.15, 0.2) is 52.0 Å². The lowest BCUT2D eigenvalue weighted by Gasteiger charge is -2.14. The highest BCUT2D eigenvalue weighted by molar-refractivity contribution is 7.89. The number of hydrogen-bond acceptors (Lipinski definition) is 4. The van der Waals surface area contributed by atoms with Crippen LogP contribution in [0.3, 0.4) is 0 Å². The molecule has 1 aromatic carbocycles. The molecule has 7 heteroatoms. The molecule has 2 rings (SSSR count). The van der Waals surface area contributed by atoms with E-state index in [-0.39, 0.29) is 11.4 Å². The van der Waals surface area contributed by atoms with Crippen molar-refractivity contribution in [2.45, 2.75) is 11.0 Å². The summed E-state index contributed by atoms with van der Waals surface area (Å²) < 4.78 is 37.1. The molecular weight excluding hydrogens is 302 g/mol. The summed E-state index contributed by atoms with van der Waals surface area (Å²) in [6.07, 6.45) is 1.02. The molecule has 0 radical (unpaired) electrons. The van der Waals surface area contributed by atoms with E-state index in [1.807, 2.05) is 0 Å². The molecule has 0 spiro atoms. The van der Waals surface area contributed by atoms with E-state index in [1.54, 1.807) is 24.3 Å². The number of ether oxygens (including phenoxy) is 1. The van der Waals surface area contributed by atoms with E-state index in [1.165, 1.54) is 25.5 Å². The molecule has 0 aliphatic carbocycles. The molecule has 5 nitrogen and oxygen atoms in total. The lowest BCUT2D eigenvalue weighted by molar-refractivity contribution is 0.0878.